The molecule has 1 aromatic heterocycles. The van der Waals surface area contributed by atoms with Crippen molar-refractivity contribution in [2.45, 2.75) is 18.9 Å². The van der Waals surface area contributed by atoms with Crippen LogP contribution in [0.15, 0.2) is 6.07 Å². The van der Waals surface area contributed by atoms with E-state index in [-0.39, 0.29) is 12.7 Å². The number of rotatable bonds is 3. The zero-order valence-electron chi connectivity index (χ0n) is 9.41. The minimum absolute atomic E-state index is 0.0187. The van der Waals surface area contributed by atoms with Gasteiger partial charge in [-0.05, 0) is 18.9 Å². The van der Waals surface area contributed by atoms with E-state index in [2.05, 4.69) is 0 Å². The van der Waals surface area contributed by atoms with E-state index < -0.39 is 5.97 Å². The van der Waals surface area contributed by atoms with Gasteiger partial charge < -0.3 is 14.0 Å². The summed E-state index contributed by atoms with van der Waals surface area (Å²) in [7, 11) is 1.66. The lowest BCUT2D eigenvalue weighted by atomic mass is 10.2. The number of esters is 1. The lowest BCUT2D eigenvalue weighted by molar-refractivity contribution is 0.0153. The first-order valence-corrected chi connectivity index (χ1v) is 6.14. The Bertz CT molecular complexity index is 425. The third kappa shape index (κ3) is 2.76. The van der Waals surface area contributed by atoms with Crippen molar-refractivity contribution >= 4 is 29.2 Å². The maximum atomic E-state index is 11.8. The van der Waals surface area contributed by atoms with Gasteiger partial charge in [-0.2, -0.15) is 0 Å². The van der Waals surface area contributed by atoms with Crippen molar-refractivity contribution in [1.29, 1.82) is 0 Å². The van der Waals surface area contributed by atoms with E-state index in [0.717, 1.165) is 19.4 Å². The summed E-state index contributed by atoms with van der Waals surface area (Å²) in [6.45, 7) is 1.02. The summed E-state index contributed by atoms with van der Waals surface area (Å²) < 4.78 is 12.0. The number of ether oxygens (including phenoxy) is 2. The molecule has 0 aliphatic carbocycles. The number of aromatic nitrogens is 1. The van der Waals surface area contributed by atoms with Gasteiger partial charge in [0.2, 0.25) is 0 Å². The average molecular weight is 278 g/mol. The number of hydrogen-bond donors (Lipinski definition) is 0. The fraction of sp³-hybridized carbons (Fsp3) is 0.545. The molecule has 6 heteroatoms. The molecule has 1 aliphatic rings. The first kappa shape index (κ1) is 12.7. The molecule has 4 nitrogen and oxygen atoms in total. The molecule has 0 N–H and O–H groups in total. The number of hydrogen-bond acceptors (Lipinski definition) is 3. The Morgan fingerprint density at radius 3 is 2.94 bits per heavy atom. The van der Waals surface area contributed by atoms with E-state index in [1.165, 1.54) is 10.6 Å². The van der Waals surface area contributed by atoms with Gasteiger partial charge >= 0.3 is 5.97 Å². The van der Waals surface area contributed by atoms with E-state index in [9.17, 15) is 4.79 Å². The van der Waals surface area contributed by atoms with Crippen LogP contribution in [-0.2, 0) is 16.5 Å². The second kappa shape index (κ2) is 5.29. The molecular formula is C11H13Cl2NO3. The Balaban J connectivity index is 1.96. The summed E-state index contributed by atoms with van der Waals surface area (Å²) in [5.74, 6) is -0.434. The van der Waals surface area contributed by atoms with Crippen molar-refractivity contribution in [2.75, 3.05) is 13.2 Å². The number of halogens is 2. The first-order valence-electron chi connectivity index (χ1n) is 5.39. The van der Waals surface area contributed by atoms with Crippen molar-refractivity contribution in [3.05, 3.63) is 21.9 Å². The zero-order chi connectivity index (χ0) is 12.4. The SMILES string of the molecule is Cn1c(C(=O)OCC2CCCO2)cc(Cl)c1Cl. The highest BCUT2D eigenvalue weighted by molar-refractivity contribution is 6.41. The van der Waals surface area contributed by atoms with Gasteiger partial charge in [0.1, 0.15) is 17.5 Å². The molecule has 0 radical (unpaired) electrons. The summed E-state index contributed by atoms with van der Waals surface area (Å²) in [4.78, 5) is 11.8. The van der Waals surface area contributed by atoms with E-state index in [4.69, 9.17) is 32.7 Å². The second-order valence-electron chi connectivity index (χ2n) is 3.96. The van der Waals surface area contributed by atoms with Crippen molar-refractivity contribution < 1.29 is 14.3 Å². The van der Waals surface area contributed by atoms with Crippen LogP contribution in [0.25, 0.3) is 0 Å². The highest BCUT2D eigenvalue weighted by Crippen LogP contribution is 2.25. The summed E-state index contributed by atoms with van der Waals surface area (Å²) in [5.41, 5.74) is 0.345. The predicted octanol–water partition coefficient (Wildman–Crippen LogP) is 2.67. The Hall–Kier alpha value is -0.710. The van der Waals surface area contributed by atoms with Gasteiger partial charge in [0, 0.05) is 13.7 Å². The normalized spacial score (nSPS) is 19.6. The van der Waals surface area contributed by atoms with Crippen molar-refractivity contribution in [3.8, 4) is 0 Å². The zero-order valence-corrected chi connectivity index (χ0v) is 10.9. The molecule has 1 fully saturated rings. The van der Waals surface area contributed by atoms with Crippen molar-refractivity contribution in [3.63, 3.8) is 0 Å². The van der Waals surface area contributed by atoms with Gasteiger partial charge in [-0.15, -0.1) is 0 Å². The third-order valence-corrected chi connectivity index (χ3v) is 3.59. The van der Waals surface area contributed by atoms with Crippen LogP contribution in [0.1, 0.15) is 23.3 Å². The van der Waals surface area contributed by atoms with E-state index >= 15 is 0 Å². The van der Waals surface area contributed by atoms with Crippen LogP contribution < -0.4 is 0 Å². The molecule has 0 spiro atoms. The molecular weight excluding hydrogens is 265 g/mol. The Morgan fingerprint density at radius 2 is 2.41 bits per heavy atom. The van der Waals surface area contributed by atoms with Crippen LogP contribution in [0.4, 0.5) is 0 Å². The predicted molar refractivity (Wildman–Crippen MR) is 64.7 cm³/mol. The highest BCUT2D eigenvalue weighted by atomic mass is 35.5. The van der Waals surface area contributed by atoms with Crippen LogP contribution in [0.2, 0.25) is 10.2 Å². The molecule has 0 saturated carbocycles. The minimum atomic E-state index is -0.434. The second-order valence-corrected chi connectivity index (χ2v) is 4.73. The Morgan fingerprint density at radius 1 is 1.65 bits per heavy atom. The van der Waals surface area contributed by atoms with E-state index in [1.807, 2.05) is 0 Å². The lowest BCUT2D eigenvalue weighted by Gasteiger charge is -2.10. The third-order valence-electron chi connectivity index (χ3n) is 2.75. The van der Waals surface area contributed by atoms with Gasteiger partial charge in [0.15, 0.2) is 0 Å². The summed E-state index contributed by atoms with van der Waals surface area (Å²) in [6, 6.07) is 1.50. The maximum absolute atomic E-state index is 11.8. The standard InChI is InChI=1S/C11H13Cl2NO3/c1-14-9(5-8(12)10(14)13)11(15)17-6-7-3-2-4-16-7/h5,7H,2-4,6H2,1H3. The summed E-state index contributed by atoms with van der Waals surface area (Å²) in [6.07, 6.45) is 1.97. The maximum Gasteiger partial charge on any atom is 0.355 e. The molecule has 0 amide bonds. The topological polar surface area (TPSA) is 40.5 Å². The molecule has 1 aliphatic heterocycles. The molecule has 0 bridgehead atoms. The molecule has 1 saturated heterocycles. The van der Waals surface area contributed by atoms with Crippen molar-refractivity contribution in [1.82, 2.24) is 4.57 Å². The lowest BCUT2D eigenvalue weighted by Crippen LogP contribution is -2.19. The molecule has 0 aromatic carbocycles. The number of carbonyl (C=O) groups excluding carboxylic acids is 1. The summed E-state index contributed by atoms with van der Waals surface area (Å²) in [5, 5.41) is 0.675. The minimum Gasteiger partial charge on any atom is -0.458 e. The molecule has 2 rings (SSSR count). The Kier molecular flexibility index (Phi) is 3.97. The quantitative estimate of drug-likeness (QED) is 0.798. The Labute approximate surface area is 109 Å². The molecule has 2 heterocycles. The van der Waals surface area contributed by atoms with Gasteiger partial charge in [0.05, 0.1) is 11.1 Å². The number of carbonyl (C=O) groups is 1. The van der Waals surface area contributed by atoms with Gasteiger partial charge in [-0.1, -0.05) is 23.2 Å². The van der Waals surface area contributed by atoms with Crippen LogP contribution in [0, 0.1) is 0 Å². The number of nitrogens with zero attached hydrogens (tertiary/aromatic N) is 1. The first-order chi connectivity index (χ1) is 8.09. The van der Waals surface area contributed by atoms with Crippen LogP contribution in [0.5, 0.6) is 0 Å². The van der Waals surface area contributed by atoms with Crippen LogP contribution in [0.3, 0.4) is 0 Å². The van der Waals surface area contributed by atoms with Gasteiger partial charge in [0.25, 0.3) is 0 Å². The molecule has 17 heavy (non-hydrogen) atoms. The fourth-order valence-electron chi connectivity index (χ4n) is 1.76. The molecule has 1 aromatic rings. The molecule has 1 atom stereocenters. The highest BCUT2D eigenvalue weighted by Gasteiger charge is 2.21. The largest absolute Gasteiger partial charge is 0.458 e. The van der Waals surface area contributed by atoms with Crippen LogP contribution >= 0.6 is 23.2 Å². The van der Waals surface area contributed by atoms with Crippen LogP contribution in [-0.4, -0.2) is 29.9 Å². The smallest absolute Gasteiger partial charge is 0.355 e. The monoisotopic (exact) mass is 277 g/mol. The van der Waals surface area contributed by atoms with E-state index in [1.54, 1.807) is 7.05 Å². The fourth-order valence-corrected chi connectivity index (χ4v) is 2.13. The van der Waals surface area contributed by atoms with Gasteiger partial charge in [-0.3, -0.25) is 0 Å². The van der Waals surface area contributed by atoms with E-state index in [0.29, 0.717) is 15.9 Å². The molecule has 1 unspecified atom stereocenters. The summed E-state index contributed by atoms with van der Waals surface area (Å²) >= 11 is 11.7. The van der Waals surface area contributed by atoms with Gasteiger partial charge in [-0.25, -0.2) is 4.79 Å². The van der Waals surface area contributed by atoms with Crippen molar-refractivity contribution in [2.24, 2.45) is 7.05 Å². The average Bonchev–Trinajstić information content (AvgIpc) is 2.91. The molecule has 94 valence electrons.